The lowest BCUT2D eigenvalue weighted by Gasteiger charge is -2.08. The normalized spacial score (nSPS) is 21.3. The molecule has 1 aliphatic heterocycles. The van der Waals surface area contributed by atoms with Crippen LogP contribution in [-0.2, 0) is 9.53 Å². The Bertz CT molecular complexity index is 265. The Morgan fingerprint density at radius 3 is 2.79 bits per heavy atom. The zero-order valence-corrected chi connectivity index (χ0v) is 8.91. The fraction of sp³-hybridized carbons (Fsp3) is 0.700. The van der Waals surface area contributed by atoms with E-state index in [0.717, 1.165) is 6.54 Å². The largest absolute Gasteiger partial charge is 0.348 e. The lowest BCUT2D eigenvalue weighted by Crippen LogP contribution is -2.28. The Morgan fingerprint density at radius 1 is 1.57 bits per heavy atom. The van der Waals surface area contributed by atoms with Crippen molar-refractivity contribution in [3.05, 3.63) is 0 Å². The molecule has 0 unspecified atom stereocenters. The first-order chi connectivity index (χ1) is 6.61. The molecule has 14 heavy (non-hydrogen) atoms. The Morgan fingerprint density at radius 2 is 2.29 bits per heavy atom. The van der Waals surface area contributed by atoms with Crippen molar-refractivity contribution in [1.29, 1.82) is 0 Å². The van der Waals surface area contributed by atoms with E-state index in [0.29, 0.717) is 13.3 Å². The van der Waals surface area contributed by atoms with E-state index in [9.17, 15) is 4.79 Å². The van der Waals surface area contributed by atoms with Crippen molar-refractivity contribution >= 4 is 5.91 Å². The standard InChI is InChI=1S/C10H16N2O2/c1-9-10(13)12(8-14-9)7-5-4-6-11(2)3/h9H,6-8H2,1-3H3/t9-/m0/s1. The molecule has 0 aromatic carbocycles. The molecule has 1 amide bonds. The molecule has 0 spiro atoms. The molecule has 0 saturated carbocycles. The van der Waals surface area contributed by atoms with Crippen molar-refractivity contribution in [3.63, 3.8) is 0 Å². The summed E-state index contributed by atoms with van der Waals surface area (Å²) in [5.41, 5.74) is 0. The maximum Gasteiger partial charge on any atom is 0.254 e. The van der Waals surface area contributed by atoms with Crippen molar-refractivity contribution in [2.75, 3.05) is 33.9 Å². The molecule has 4 nitrogen and oxygen atoms in total. The van der Waals surface area contributed by atoms with Crippen LogP contribution >= 0.6 is 0 Å². The summed E-state index contributed by atoms with van der Waals surface area (Å²) in [4.78, 5) is 15.0. The van der Waals surface area contributed by atoms with Gasteiger partial charge >= 0.3 is 0 Å². The van der Waals surface area contributed by atoms with Gasteiger partial charge in [0.15, 0.2) is 0 Å². The maximum absolute atomic E-state index is 11.4. The number of rotatable bonds is 2. The van der Waals surface area contributed by atoms with Crippen LogP contribution in [0, 0.1) is 11.8 Å². The lowest BCUT2D eigenvalue weighted by atomic mass is 10.4. The summed E-state index contributed by atoms with van der Waals surface area (Å²) < 4.78 is 5.15. The molecule has 78 valence electrons. The lowest BCUT2D eigenvalue weighted by molar-refractivity contribution is -0.129. The van der Waals surface area contributed by atoms with Crippen molar-refractivity contribution in [2.24, 2.45) is 0 Å². The van der Waals surface area contributed by atoms with Crippen LogP contribution in [-0.4, -0.2) is 55.7 Å². The Kier molecular flexibility index (Phi) is 3.93. The van der Waals surface area contributed by atoms with Crippen molar-refractivity contribution < 1.29 is 9.53 Å². The summed E-state index contributed by atoms with van der Waals surface area (Å²) in [5, 5.41) is 0. The highest BCUT2D eigenvalue weighted by atomic mass is 16.5. The van der Waals surface area contributed by atoms with Gasteiger partial charge in [-0.25, -0.2) is 0 Å². The molecule has 1 heterocycles. The van der Waals surface area contributed by atoms with Gasteiger partial charge in [0.25, 0.3) is 5.91 Å². The third kappa shape index (κ3) is 3.02. The summed E-state index contributed by atoms with van der Waals surface area (Å²) >= 11 is 0. The molecule has 0 bridgehead atoms. The van der Waals surface area contributed by atoms with Gasteiger partial charge in [-0.1, -0.05) is 11.8 Å². The number of nitrogens with zero attached hydrogens (tertiary/aromatic N) is 2. The molecule has 0 aromatic rings. The number of ether oxygens (including phenoxy) is 1. The molecule has 1 atom stereocenters. The SMILES string of the molecule is C[C@@H]1OCN(CC#CCN(C)C)C1=O. The van der Waals surface area contributed by atoms with Crippen LogP contribution in [0.5, 0.6) is 0 Å². The molecule has 1 rings (SSSR count). The van der Waals surface area contributed by atoms with E-state index in [1.807, 2.05) is 19.0 Å². The minimum Gasteiger partial charge on any atom is -0.348 e. The zero-order chi connectivity index (χ0) is 10.6. The average Bonchev–Trinajstić information content (AvgIpc) is 2.43. The zero-order valence-electron chi connectivity index (χ0n) is 8.91. The molecule has 0 aliphatic carbocycles. The Labute approximate surface area is 84.8 Å². The molecular formula is C10H16N2O2. The highest BCUT2D eigenvalue weighted by Crippen LogP contribution is 2.07. The van der Waals surface area contributed by atoms with E-state index in [1.54, 1.807) is 11.8 Å². The average molecular weight is 196 g/mol. The van der Waals surface area contributed by atoms with Crippen molar-refractivity contribution in [2.45, 2.75) is 13.0 Å². The van der Waals surface area contributed by atoms with Crippen molar-refractivity contribution in [3.8, 4) is 11.8 Å². The summed E-state index contributed by atoms with van der Waals surface area (Å²) in [5.74, 6) is 5.95. The van der Waals surface area contributed by atoms with E-state index >= 15 is 0 Å². The molecule has 4 heteroatoms. The van der Waals surface area contributed by atoms with Crippen LogP contribution in [0.3, 0.4) is 0 Å². The van der Waals surface area contributed by atoms with Crippen LogP contribution in [0.2, 0.25) is 0 Å². The second-order valence-corrected chi connectivity index (χ2v) is 3.57. The highest BCUT2D eigenvalue weighted by Gasteiger charge is 2.27. The number of carbonyl (C=O) groups is 1. The predicted octanol–water partition coefficient (Wildman–Crippen LogP) is -0.244. The molecule has 0 radical (unpaired) electrons. The summed E-state index contributed by atoms with van der Waals surface area (Å²) in [7, 11) is 3.92. The second-order valence-electron chi connectivity index (χ2n) is 3.57. The van der Waals surface area contributed by atoms with Gasteiger partial charge in [-0.05, 0) is 21.0 Å². The summed E-state index contributed by atoms with van der Waals surface area (Å²) in [6.45, 7) is 3.32. The van der Waals surface area contributed by atoms with Gasteiger partial charge in [-0.3, -0.25) is 9.69 Å². The number of hydrogen-bond donors (Lipinski definition) is 0. The molecule has 0 aromatic heterocycles. The maximum atomic E-state index is 11.4. The fourth-order valence-electron chi connectivity index (χ4n) is 1.08. The second kappa shape index (κ2) is 4.99. The quantitative estimate of drug-likeness (QED) is 0.571. The number of carbonyl (C=O) groups excluding carboxylic acids is 1. The third-order valence-electron chi connectivity index (χ3n) is 1.93. The first kappa shape index (κ1) is 11.0. The minimum absolute atomic E-state index is 0.0316. The van der Waals surface area contributed by atoms with E-state index in [-0.39, 0.29) is 12.0 Å². The van der Waals surface area contributed by atoms with Gasteiger partial charge in [0.05, 0.1) is 13.1 Å². The topological polar surface area (TPSA) is 32.8 Å². The van der Waals surface area contributed by atoms with E-state index in [2.05, 4.69) is 11.8 Å². The summed E-state index contributed by atoms with van der Waals surface area (Å²) in [6, 6.07) is 0. The Balaban J connectivity index is 2.31. The summed E-state index contributed by atoms with van der Waals surface area (Å²) in [6.07, 6.45) is -0.300. The molecule has 1 saturated heterocycles. The van der Waals surface area contributed by atoms with Gasteiger partial charge in [0.2, 0.25) is 0 Å². The predicted molar refractivity (Wildman–Crippen MR) is 53.5 cm³/mol. The molecule has 1 aliphatic rings. The van der Waals surface area contributed by atoms with E-state index < -0.39 is 0 Å². The number of hydrogen-bond acceptors (Lipinski definition) is 3. The highest BCUT2D eigenvalue weighted by molar-refractivity contribution is 5.82. The third-order valence-corrected chi connectivity index (χ3v) is 1.93. The molecule has 0 N–H and O–H groups in total. The Hall–Kier alpha value is -1.05. The minimum atomic E-state index is -0.300. The van der Waals surface area contributed by atoms with Gasteiger partial charge in [0, 0.05) is 0 Å². The monoisotopic (exact) mass is 196 g/mol. The van der Waals surface area contributed by atoms with E-state index in [1.165, 1.54) is 0 Å². The first-order valence-electron chi connectivity index (χ1n) is 4.62. The van der Waals surface area contributed by atoms with Gasteiger partial charge in [-0.15, -0.1) is 0 Å². The van der Waals surface area contributed by atoms with Crippen LogP contribution in [0.25, 0.3) is 0 Å². The van der Waals surface area contributed by atoms with Crippen LogP contribution in [0.1, 0.15) is 6.92 Å². The fourth-order valence-corrected chi connectivity index (χ4v) is 1.08. The smallest absolute Gasteiger partial charge is 0.254 e. The van der Waals surface area contributed by atoms with Crippen LogP contribution in [0.15, 0.2) is 0 Å². The molecule has 1 fully saturated rings. The van der Waals surface area contributed by atoms with Gasteiger partial charge in [0.1, 0.15) is 12.8 Å². The number of amides is 1. The van der Waals surface area contributed by atoms with Crippen LogP contribution < -0.4 is 0 Å². The van der Waals surface area contributed by atoms with Crippen molar-refractivity contribution in [1.82, 2.24) is 9.80 Å². The van der Waals surface area contributed by atoms with Gasteiger partial charge in [-0.2, -0.15) is 0 Å². The van der Waals surface area contributed by atoms with Crippen LogP contribution in [0.4, 0.5) is 0 Å². The van der Waals surface area contributed by atoms with E-state index in [4.69, 9.17) is 4.74 Å². The molecular weight excluding hydrogens is 180 g/mol. The first-order valence-corrected chi connectivity index (χ1v) is 4.62. The van der Waals surface area contributed by atoms with Gasteiger partial charge < -0.3 is 9.64 Å².